The molecular formula is C16H22N2O4S. The van der Waals surface area contributed by atoms with E-state index in [4.69, 9.17) is 4.74 Å². The summed E-state index contributed by atoms with van der Waals surface area (Å²) in [5.41, 5.74) is 1.73. The van der Waals surface area contributed by atoms with Crippen LogP contribution in [-0.2, 0) is 26.0 Å². The standard InChI is InChI=1S/C16H22N2O4S/c1-12(19)18-8-2-4-13-10-15(6-7-16(13)18)23(20,21)17-11-14-5-3-9-22-14/h6-7,10,14,17H,2-5,8-9,11H2,1H3. The molecule has 1 saturated heterocycles. The van der Waals surface area contributed by atoms with E-state index in [1.54, 1.807) is 23.1 Å². The molecule has 0 saturated carbocycles. The van der Waals surface area contributed by atoms with Crippen molar-refractivity contribution in [2.75, 3.05) is 24.6 Å². The lowest BCUT2D eigenvalue weighted by Gasteiger charge is -2.28. The Morgan fingerprint density at radius 1 is 1.39 bits per heavy atom. The molecule has 7 heteroatoms. The number of fused-ring (bicyclic) bond motifs is 1. The lowest BCUT2D eigenvalue weighted by atomic mass is 10.0. The summed E-state index contributed by atoms with van der Waals surface area (Å²) in [6.07, 6.45) is 3.47. The first kappa shape index (κ1) is 16.4. The molecule has 23 heavy (non-hydrogen) atoms. The average Bonchev–Trinajstić information content (AvgIpc) is 3.05. The first-order valence-electron chi connectivity index (χ1n) is 8.00. The molecular weight excluding hydrogens is 316 g/mol. The van der Waals surface area contributed by atoms with E-state index < -0.39 is 10.0 Å². The number of amides is 1. The van der Waals surface area contributed by atoms with E-state index >= 15 is 0 Å². The van der Waals surface area contributed by atoms with Crippen LogP contribution < -0.4 is 9.62 Å². The van der Waals surface area contributed by atoms with E-state index in [1.165, 1.54) is 6.92 Å². The molecule has 1 unspecified atom stereocenters. The summed E-state index contributed by atoms with van der Waals surface area (Å²) in [5, 5.41) is 0. The maximum atomic E-state index is 12.4. The highest BCUT2D eigenvalue weighted by Gasteiger charge is 2.24. The molecule has 1 atom stereocenters. The monoisotopic (exact) mass is 338 g/mol. The molecule has 6 nitrogen and oxygen atoms in total. The maximum absolute atomic E-state index is 12.4. The third kappa shape index (κ3) is 3.57. The van der Waals surface area contributed by atoms with Crippen LogP contribution in [0, 0.1) is 0 Å². The van der Waals surface area contributed by atoms with Crippen molar-refractivity contribution >= 4 is 21.6 Å². The SMILES string of the molecule is CC(=O)N1CCCc2cc(S(=O)(=O)NCC3CCCO3)ccc21. The topological polar surface area (TPSA) is 75.7 Å². The normalized spacial score (nSPS) is 21.3. The van der Waals surface area contributed by atoms with E-state index in [0.29, 0.717) is 19.7 Å². The van der Waals surface area contributed by atoms with Gasteiger partial charge >= 0.3 is 0 Å². The Morgan fingerprint density at radius 2 is 2.22 bits per heavy atom. The van der Waals surface area contributed by atoms with E-state index in [-0.39, 0.29) is 16.9 Å². The van der Waals surface area contributed by atoms with Crippen LogP contribution in [0.15, 0.2) is 23.1 Å². The van der Waals surface area contributed by atoms with Crippen LogP contribution >= 0.6 is 0 Å². The maximum Gasteiger partial charge on any atom is 0.240 e. The number of anilines is 1. The van der Waals surface area contributed by atoms with Crippen LogP contribution in [0.2, 0.25) is 0 Å². The van der Waals surface area contributed by atoms with Gasteiger partial charge < -0.3 is 9.64 Å². The molecule has 1 aromatic rings. The fraction of sp³-hybridized carbons (Fsp3) is 0.562. The summed E-state index contributed by atoms with van der Waals surface area (Å²) in [7, 11) is -3.55. The van der Waals surface area contributed by atoms with Gasteiger partial charge in [-0.1, -0.05) is 0 Å². The Bertz CT molecular complexity index is 696. The van der Waals surface area contributed by atoms with E-state index in [1.807, 2.05) is 0 Å². The van der Waals surface area contributed by atoms with E-state index in [9.17, 15) is 13.2 Å². The molecule has 0 bridgehead atoms. The highest BCUT2D eigenvalue weighted by molar-refractivity contribution is 7.89. The van der Waals surface area contributed by atoms with Crippen LogP contribution in [0.4, 0.5) is 5.69 Å². The van der Waals surface area contributed by atoms with Gasteiger partial charge in [0.1, 0.15) is 0 Å². The molecule has 1 N–H and O–H groups in total. The van der Waals surface area contributed by atoms with Crippen LogP contribution in [0.1, 0.15) is 31.7 Å². The quantitative estimate of drug-likeness (QED) is 0.901. The first-order chi connectivity index (χ1) is 11.0. The smallest absolute Gasteiger partial charge is 0.240 e. The van der Waals surface area contributed by atoms with Gasteiger partial charge in [-0.3, -0.25) is 4.79 Å². The highest BCUT2D eigenvalue weighted by Crippen LogP contribution is 2.29. The number of benzene rings is 1. The number of sulfonamides is 1. The van der Waals surface area contributed by atoms with Crippen molar-refractivity contribution in [3.63, 3.8) is 0 Å². The fourth-order valence-corrected chi connectivity index (χ4v) is 4.28. The minimum atomic E-state index is -3.55. The van der Waals surface area contributed by atoms with Gasteiger partial charge in [0.2, 0.25) is 15.9 Å². The van der Waals surface area contributed by atoms with Gasteiger partial charge in [0, 0.05) is 32.3 Å². The zero-order chi connectivity index (χ0) is 16.4. The van der Waals surface area contributed by atoms with Crippen LogP contribution in [0.3, 0.4) is 0 Å². The van der Waals surface area contributed by atoms with Gasteiger partial charge in [-0.15, -0.1) is 0 Å². The molecule has 126 valence electrons. The summed E-state index contributed by atoms with van der Waals surface area (Å²) in [4.78, 5) is 13.6. The van der Waals surface area contributed by atoms with Crippen LogP contribution in [0.5, 0.6) is 0 Å². The Morgan fingerprint density at radius 3 is 2.91 bits per heavy atom. The molecule has 0 aromatic heterocycles. The Labute approximate surface area is 136 Å². The molecule has 2 aliphatic rings. The number of carbonyl (C=O) groups excluding carboxylic acids is 1. The molecule has 0 aliphatic carbocycles. The van der Waals surface area contributed by atoms with Crippen molar-refractivity contribution < 1.29 is 17.9 Å². The Balaban J connectivity index is 1.78. The number of carbonyl (C=O) groups is 1. The van der Waals surface area contributed by atoms with Crippen molar-refractivity contribution in [2.45, 2.75) is 43.6 Å². The first-order valence-corrected chi connectivity index (χ1v) is 9.48. The van der Waals surface area contributed by atoms with Gasteiger partial charge in [-0.05, 0) is 49.4 Å². The second kappa shape index (κ2) is 6.59. The number of hydrogen-bond donors (Lipinski definition) is 1. The van der Waals surface area contributed by atoms with Crippen molar-refractivity contribution in [1.82, 2.24) is 4.72 Å². The van der Waals surface area contributed by atoms with Crippen molar-refractivity contribution in [3.05, 3.63) is 23.8 Å². The Hall–Kier alpha value is -1.44. The van der Waals surface area contributed by atoms with Crippen LogP contribution in [-0.4, -0.2) is 40.1 Å². The van der Waals surface area contributed by atoms with Crippen molar-refractivity contribution in [2.24, 2.45) is 0 Å². The summed E-state index contributed by atoms with van der Waals surface area (Å²) < 4.78 is 33.0. The third-order valence-electron chi connectivity index (χ3n) is 4.39. The van der Waals surface area contributed by atoms with Crippen molar-refractivity contribution in [3.8, 4) is 0 Å². The zero-order valence-corrected chi connectivity index (χ0v) is 14.1. The predicted octanol–water partition coefficient (Wildman–Crippen LogP) is 1.44. The lowest BCUT2D eigenvalue weighted by molar-refractivity contribution is -0.116. The predicted molar refractivity (Wildman–Crippen MR) is 87.0 cm³/mol. The summed E-state index contributed by atoms with van der Waals surface area (Å²) in [6.45, 7) is 3.22. The lowest BCUT2D eigenvalue weighted by Crippen LogP contribution is -2.34. The summed E-state index contributed by atoms with van der Waals surface area (Å²) >= 11 is 0. The van der Waals surface area contributed by atoms with Crippen molar-refractivity contribution in [1.29, 1.82) is 0 Å². The van der Waals surface area contributed by atoms with E-state index in [2.05, 4.69) is 4.72 Å². The van der Waals surface area contributed by atoms with Gasteiger partial charge in [0.15, 0.2) is 0 Å². The minimum absolute atomic E-state index is 0.0157. The van der Waals surface area contributed by atoms with Crippen LogP contribution in [0.25, 0.3) is 0 Å². The number of nitrogens with one attached hydrogen (secondary N) is 1. The van der Waals surface area contributed by atoms with E-state index in [0.717, 1.165) is 36.9 Å². The number of nitrogens with zero attached hydrogens (tertiary/aromatic N) is 1. The highest BCUT2D eigenvalue weighted by atomic mass is 32.2. The third-order valence-corrected chi connectivity index (χ3v) is 5.81. The largest absolute Gasteiger partial charge is 0.377 e. The molecule has 1 aromatic carbocycles. The number of rotatable bonds is 4. The molecule has 2 heterocycles. The van der Waals surface area contributed by atoms with Gasteiger partial charge in [-0.25, -0.2) is 13.1 Å². The fourth-order valence-electron chi connectivity index (χ4n) is 3.16. The minimum Gasteiger partial charge on any atom is -0.377 e. The second-order valence-corrected chi connectivity index (χ2v) is 7.82. The zero-order valence-electron chi connectivity index (χ0n) is 13.2. The summed E-state index contributed by atoms with van der Waals surface area (Å²) in [5.74, 6) is -0.0157. The number of ether oxygens (including phenoxy) is 1. The molecule has 1 amide bonds. The average molecular weight is 338 g/mol. The molecule has 0 radical (unpaired) electrons. The molecule has 2 aliphatic heterocycles. The second-order valence-electron chi connectivity index (χ2n) is 6.05. The molecule has 0 spiro atoms. The molecule has 3 rings (SSSR count). The van der Waals surface area contributed by atoms with Gasteiger partial charge in [0.25, 0.3) is 0 Å². The molecule has 1 fully saturated rings. The number of hydrogen-bond acceptors (Lipinski definition) is 4. The van der Waals surface area contributed by atoms with Gasteiger partial charge in [0.05, 0.1) is 11.0 Å². The number of aryl methyl sites for hydroxylation is 1. The Kier molecular flexibility index (Phi) is 4.70. The van der Waals surface area contributed by atoms with Gasteiger partial charge in [-0.2, -0.15) is 0 Å². The summed E-state index contributed by atoms with van der Waals surface area (Å²) in [6, 6.07) is 4.98.